The number of carbonyl (C=O) groups excluding carboxylic acids is 2. The number of fused-ring (bicyclic) bond motifs is 1. The minimum absolute atomic E-state index is 0.0336. The molecule has 0 fully saturated rings. The molecule has 0 atom stereocenters. The van der Waals surface area contributed by atoms with Crippen LogP contribution in [-0.4, -0.2) is 42.1 Å². The van der Waals surface area contributed by atoms with E-state index in [0.717, 1.165) is 11.3 Å². The van der Waals surface area contributed by atoms with Crippen LogP contribution in [0, 0.1) is 10.1 Å². The highest BCUT2D eigenvalue weighted by Crippen LogP contribution is 2.23. The van der Waals surface area contributed by atoms with Crippen LogP contribution >= 0.6 is 22.9 Å². The van der Waals surface area contributed by atoms with Gasteiger partial charge >= 0.3 is 5.97 Å². The number of halogens is 1. The smallest absolute Gasteiger partial charge is 0.326 e. The molecule has 3 rings (SSSR count). The molecule has 0 spiro atoms. The molecular formula is C20H18ClN3O7S2. The van der Waals surface area contributed by atoms with Gasteiger partial charge in [0.2, 0.25) is 5.91 Å². The quantitative estimate of drug-likeness (QED) is 0.257. The van der Waals surface area contributed by atoms with Crippen LogP contribution in [0.1, 0.15) is 13.3 Å². The van der Waals surface area contributed by atoms with Crippen LogP contribution in [0.5, 0.6) is 0 Å². The third-order valence-corrected chi connectivity index (χ3v) is 7.49. The van der Waals surface area contributed by atoms with Crippen molar-refractivity contribution in [2.45, 2.75) is 24.8 Å². The van der Waals surface area contributed by atoms with Gasteiger partial charge in [0.15, 0.2) is 14.6 Å². The number of nitro groups is 1. The fraction of sp³-hybridized carbons (Fsp3) is 0.250. The summed E-state index contributed by atoms with van der Waals surface area (Å²) in [6.07, 6.45) is -0.390. The van der Waals surface area contributed by atoms with E-state index in [0.29, 0.717) is 15.2 Å². The van der Waals surface area contributed by atoms with Gasteiger partial charge in [0.1, 0.15) is 6.54 Å². The Balaban J connectivity index is 1.92. The molecule has 10 nitrogen and oxygen atoms in total. The van der Waals surface area contributed by atoms with Crippen LogP contribution in [0.2, 0.25) is 5.02 Å². The molecule has 0 bridgehead atoms. The molecule has 1 heterocycles. The number of nitro benzene ring substituents is 1. The van der Waals surface area contributed by atoms with Crippen molar-refractivity contribution in [3.8, 4) is 0 Å². The lowest BCUT2D eigenvalue weighted by Crippen LogP contribution is -2.23. The predicted molar refractivity (Wildman–Crippen MR) is 122 cm³/mol. The number of hydrogen-bond acceptors (Lipinski definition) is 8. The van der Waals surface area contributed by atoms with Gasteiger partial charge in [-0.15, -0.1) is 0 Å². The predicted octanol–water partition coefficient (Wildman–Crippen LogP) is 3.12. The molecule has 1 aromatic heterocycles. The van der Waals surface area contributed by atoms with Gasteiger partial charge in [-0.1, -0.05) is 22.9 Å². The second kappa shape index (κ2) is 10.2. The maximum absolute atomic E-state index is 12.5. The number of thiazole rings is 1. The number of amides is 1. The summed E-state index contributed by atoms with van der Waals surface area (Å²) in [6, 6.07) is 9.66. The minimum Gasteiger partial charge on any atom is -0.465 e. The third kappa shape index (κ3) is 6.03. The van der Waals surface area contributed by atoms with Crippen molar-refractivity contribution in [2.24, 2.45) is 4.99 Å². The average Bonchev–Trinajstić information content (AvgIpc) is 3.09. The molecule has 13 heteroatoms. The van der Waals surface area contributed by atoms with E-state index in [1.807, 2.05) is 0 Å². The van der Waals surface area contributed by atoms with Gasteiger partial charge in [0, 0.05) is 23.6 Å². The topological polar surface area (TPSA) is 138 Å². The molecule has 2 aromatic carbocycles. The molecule has 0 radical (unpaired) electrons. The Kier molecular flexibility index (Phi) is 7.61. The molecule has 3 aromatic rings. The van der Waals surface area contributed by atoms with Gasteiger partial charge in [0.05, 0.1) is 32.4 Å². The first-order chi connectivity index (χ1) is 15.6. The van der Waals surface area contributed by atoms with Gasteiger partial charge in [-0.2, -0.15) is 4.99 Å². The fourth-order valence-corrected chi connectivity index (χ4v) is 5.27. The highest BCUT2D eigenvalue weighted by atomic mass is 35.5. The van der Waals surface area contributed by atoms with E-state index >= 15 is 0 Å². The molecular weight excluding hydrogens is 494 g/mol. The van der Waals surface area contributed by atoms with Gasteiger partial charge in [0.25, 0.3) is 5.69 Å². The number of rotatable bonds is 8. The molecule has 0 saturated carbocycles. The van der Waals surface area contributed by atoms with Crippen molar-refractivity contribution in [1.29, 1.82) is 0 Å². The summed E-state index contributed by atoms with van der Waals surface area (Å²) in [7, 11) is -3.73. The number of aromatic nitrogens is 1. The lowest BCUT2D eigenvalue weighted by molar-refractivity contribution is -0.384. The summed E-state index contributed by atoms with van der Waals surface area (Å²) in [5.41, 5.74) is 0.146. The first-order valence-electron chi connectivity index (χ1n) is 9.60. The van der Waals surface area contributed by atoms with E-state index in [9.17, 15) is 28.1 Å². The number of carbonyl (C=O) groups is 2. The zero-order valence-corrected chi connectivity index (χ0v) is 19.7. The number of benzene rings is 2. The van der Waals surface area contributed by atoms with Crippen LogP contribution in [0.3, 0.4) is 0 Å². The number of esters is 1. The summed E-state index contributed by atoms with van der Waals surface area (Å²) in [4.78, 5) is 39.2. The van der Waals surface area contributed by atoms with E-state index in [1.54, 1.807) is 6.92 Å². The fourth-order valence-electron chi connectivity index (χ4n) is 2.89. The van der Waals surface area contributed by atoms with Crippen LogP contribution in [-0.2, 0) is 30.7 Å². The molecule has 0 aliphatic rings. The number of nitrogens with zero attached hydrogens (tertiary/aromatic N) is 3. The molecule has 174 valence electrons. The monoisotopic (exact) mass is 511 g/mol. The van der Waals surface area contributed by atoms with Crippen molar-refractivity contribution < 1.29 is 27.7 Å². The van der Waals surface area contributed by atoms with Crippen molar-refractivity contribution >= 4 is 60.6 Å². The van der Waals surface area contributed by atoms with Crippen LogP contribution in [0.15, 0.2) is 52.4 Å². The van der Waals surface area contributed by atoms with Crippen molar-refractivity contribution in [1.82, 2.24) is 4.57 Å². The number of non-ortho nitro benzene ring substituents is 1. The summed E-state index contributed by atoms with van der Waals surface area (Å²) in [5.74, 6) is -1.79. The van der Waals surface area contributed by atoms with Gasteiger partial charge in [-0.3, -0.25) is 19.7 Å². The maximum Gasteiger partial charge on any atom is 0.326 e. The Labute approximate surface area is 197 Å². The highest BCUT2D eigenvalue weighted by Gasteiger charge is 2.18. The minimum atomic E-state index is -3.73. The third-order valence-electron chi connectivity index (χ3n) is 4.45. The van der Waals surface area contributed by atoms with E-state index in [2.05, 4.69) is 4.99 Å². The first-order valence-corrected chi connectivity index (χ1v) is 12.4. The summed E-state index contributed by atoms with van der Waals surface area (Å²) < 4.78 is 31.8. The van der Waals surface area contributed by atoms with Gasteiger partial charge in [-0.25, -0.2) is 8.42 Å². The van der Waals surface area contributed by atoms with E-state index in [-0.39, 0.29) is 28.5 Å². The Morgan fingerprint density at radius 1 is 1.21 bits per heavy atom. The van der Waals surface area contributed by atoms with Crippen molar-refractivity contribution in [2.75, 3.05) is 12.4 Å². The lowest BCUT2D eigenvalue weighted by Gasteiger charge is -2.05. The van der Waals surface area contributed by atoms with Gasteiger partial charge < -0.3 is 9.30 Å². The number of hydrogen-bond donors (Lipinski definition) is 0. The summed E-state index contributed by atoms with van der Waals surface area (Å²) in [6.45, 7) is 1.45. The normalized spacial score (nSPS) is 12.1. The number of sulfone groups is 1. The largest absolute Gasteiger partial charge is 0.465 e. The molecule has 0 aliphatic carbocycles. The first kappa shape index (κ1) is 24.6. The molecule has 0 unspecified atom stereocenters. The summed E-state index contributed by atoms with van der Waals surface area (Å²) in [5, 5.41) is 11.5. The zero-order valence-electron chi connectivity index (χ0n) is 17.3. The van der Waals surface area contributed by atoms with Crippen molar-refractivity contribution in [3.05, 3.63) is 62.4 Å². The van der Waals surface area contributed by atoms with E-state index < -0.39 is 38.8 Å². The van der Waals surface area contributed by atoms with Crippen LogP contribution < -0.4 is 4.80 Å². The standard InChI is InChI=1S/C20H18ClN3O7S2/c1-2-31-19(26)12-23-16-11-14(24(27)28)5-8-17(16)32-20(23)22-18(25)9-10-33(29,30)15-6-3-13(21)4-7-15/h3-8,11H,2,9-10,12H2,1H3. The number of ether oxygens (including phenoxy) is 1. The molecule has 0 aliphatic heterocycles. The van der Waals surface area contributed by atoms with Gasteiger partial charge in [-0.05, 0) is 37.3 Å². The second-order valence-electron chi connectivity index (χ2n) is 6.71. The lowest BCUT2D eigenvalue weighted by atomic mass is 10.3. The van der Waals surface area contributed by atoms with Crippen LogP contribution in [0.25, 0.3) is 10.2 Å². The average molecular weight is 512 g/mol. The molecule has 1 amide bonds. The Morgan fingerprint density at radius 3 is 2.55 bits per heavy atom. The van der Waals surface area contributed by atoms with Crippen molar-refractivity contribution in [3.63, 3.8) is 0 Å². The highest BCUT2D eigenvalue weighted by molar-refractivity contribution is 7.91. The van der Waals surface area contributed by atoms with Crippen LogP contribution in [0.4, 0.5) is 5.69 Å². The Bertz CT molecular complexity index is 1390. The SMILES string of the molecule is CCOC(=O)Cn1c(=NC(=O)CCS(=O)(=O)c2ccc(Cl)cc2)sc2ccc([N+](=O)[O-])cc21. The Morgan fingerprint density at radius 2 is 1.91 bits per heavy atom. The molecule has 33 heavy (non-hydrogen) atoms. The second-order valence-corrected chi connectivity index (χ2v) is 10.3. The zero-order chi connectivity index (χ0) is 24.2. The molecule has 0 N–H and O–H groups in total. The van der Waals surface area contributed by atoms with E-state index in [1.165, 1.54) is 47.0 Å². The van der Waals surface area contributed by atoms with E-state index in [4.69, 9.17) is 16.3 Å². The Hall–Kier alpha value is -3.09. The molecule has 0 saturated heterocycles. The summed E-state index contributed by atoms with van der Waals surface area (Å²) >= 11 is 6.82. The maximum atomic E-state index is 12.5.